The van der Waals surface area contributed by atoms with Crippen LogP contribution in [-0.2, 0) is 11.2 Å². The van der Waals surface area contributed by atoms with Crippen LogP contribution in [0.5, 0.6) is 5.75 Å². The van der Waals surface area contributed by atoms with Crippen molar-refractivity contribution < 1.29 is 9.53 Å². The van der Waals surface area contributed by atoms with E-state index in [9.17, 15) is 4.79 Å². The maximum absolute atomic E-state index is 12.5. The molecule has 0 aliphatic carbocycles. The number of ether oxygens (including phenoxy) is 1. The fourth-order valence-corrected chi connectivity index (χ4v) is 3.65. The highest BCUT2D eigenvalue weighted by Crippen LogP contribution is 2.25. The van der Waals surface area contributed by atoms with E-state index in [0.29, 0.717) is 11.7 Å². The Morgan fingerprint density at radius 2 is 1.97 bits per heavy atom. The highest BCUT2D eigenvalue weighted by atomic mass is 32.2. The molecule has 0 aliphatic rings. The van der Waals surface area contributed by atoms with E-state index >= 15 is 0 Å². The zero-order valence-electron chi connectivity index (χ0n) is 17.0. The number of amides is 1. The number of nitrogens with one attached hydrogen (secondary N) is 1. The summed E-state index contributed by atoms with van der Waals surface area (Å²) >= 11 is 1.34. The molecule has 0 spiro atoms. The van der Waals surface area contributed by atoms with Crippen LogP contribution < -0.4 is 10.1 Å². The molecular formula is C21H25N5O2S. The summed E-state index contributed by atoms with van der Waals surface area (Å²) < 4.78 is 6.85. The second-order valence-electron chi connectivity index (χ2n) is 6.81. The average molecular weight is 412 g/mol. The van der Waals surface area contributed by atoms with Gasteiger partial charge in [0.1, 0.15) is 5.75 Å². The summed E-state index contributed by atoms with van der Waals surface area (Å²) in [5.74, 6) is 0.781. The maximum atomic E-state index is 12.5. The Morgan fingerprint density at radius 1 is 1.21 bits per heavy atom. The summed E-state index contributed by atoms with van der Waals surface area (Å²) in [7, 11) is 1.64. The molecule has 7 nitrogen and oxygen atoms in total. The van der Waals surface area contributed by atoms with Gasteiger partial charge in [-0.15, -0.1) is 5.10 Å². The third-order valence-corrected chi connectivity index (χ3v) is 5.59. The summed E-state index contributed by atoms with van der Waals surface area (Å²) in [4.78, 5) is 12.5. The molecule has 29 heavy (non-hydrogen) atoms. The number of hydrogen-bond acceptors (Lipinski definition) is 6. The van der Waals surface area contributed by atoms with Crippen molar-refractivity contribution in [3.63, 3.8) is 0 Å². The van der Waals surface area contributed by atoms with Gasteiger partial charge in [0.2, 0.25) is 11.1 Å². The van der Waals surface area contributed by atoms with Crippen molar-refractivity contribution >= 4 is 17.7 Å². The van der Waals surface area contributed by atoms with E-state index in [2.05, 4.69) is 26.9 Å². The number of carbonyl (C=O) groups is 1. The molecule has 1 aromatic heterocycles. The van der Waals surface area contributed by atoms with Gasteiger partial charge in [-0.25, -0.2) is 0 Å². The molecule has 1 N–H and O–H groups in total. The summed E-state index contributed by atoms with van der Waals surface area (Å²) in [5, 5.41) is 15.3. The van der Waals surface area contributed by atoms with Crippen LogP contribution in [0.1, 0.15) is 23.6 Å². The van der Waals surface area contributed by atoms with Gasteiger partial charge in [-0.2, -0.15) is 4.68 Å². The van der Waals surface area contributed by atoms with Gasteiger partial charge in [0.15, 0.2) is 0 Å². The van der Waals surface area contributed by atoms with Crippen LogP contribution in [0, 0.1) is 13.8 Å². The van der Waals surface area contributed by atoms with Crippen LogP contribution in [0.3, 0.4) is 0 Å². The van der Waals surface area contributed by atoms with Crippen molar-refractivity contribution in [3.05, 3.63) is 59.2 Å². The van der Waals surface area contributed by atoms with Crippen molar-refractivity contribution in [2.45, 2.75) is 37.6 Å². The van der Waals surface area contributed by atoms with Crippen LogP contribution in [0.4, 0.5) is 0 Å². The van der Waals surface area contributed by atoms with Gasteiger partial charge in [-0.1, -0.05) is 36.0 Å². The minimum absolute atomic E-state index is 0.0426. The first-order valence-corrected chi connectivity index (χ1v) is 10.3. The third kappa shape index (κ3) is 5.35. The quantitative estimate of drug-likeness (QED) is 0.574. The Bertz CT molecular complexity index is 971. The smallest absolute Gasteiger partial charge is 0.233 e. The van der Waals surface area contributed by atoms with Gasteiger partial charge in [-0.3, -0.25) is 4.79 Å². The highest BCUT2D eigenvalue weighted by molar-refractivity contribution is 8.00. The Morgan fingerprint density at radius 3 is 2.69 bits per heavy atom. The lowest BCUT2D eigenvalue weighted by Crippen LogP contribution is -2.32. The van der Waals surface area contributed by atoms with E-state index in [-0.39, 0.29) is 11.2 Å². The molecule has 0 saturated heterocycles. The molecular weight excluding hydrogens is 386 g/mol. The Balaban J connectivity index is 1.57. The first-order valence-electron chi connectivity index (χ1n) is 9.41. The SMILES string of the molecule is COc1ccc(CCNC(=O)[C@H](C)Sc2nnnn2-c2cc(C)ccc2C)cc1. The molecule has 0 bridgehead atoms. The Labute approximate surface area is 174 Å². The van der Waals surface area contributed by atoms with Gasteiger partial charge in [-0.05, 0) is 72.5 Å². The number of thioether (sulfide) groups is 1. The van der Waals surface area contributed by atoms with Crippen molar-refractivity contribution in [2.24, 2.45) is 0 Å². The van der Waals surface area contributed by atoms with E-state index in [1.54, 1.807) is 11.8 Å². The summed E-state index contributed by atoms with van der Waals surface area (Å²) in [6.07, 6.45) is 0.757. The van der Waals surface area contributed by atoms with Gasteiger partial charge in [0.25, 0.3) is 0 Å². The molecule has 1 amide bonds. The van der Waals surface area contributed by atoms with Gasteiger partial charge in [0, 0.05) is 6.54 Å². The van der Waals surface area contributed by atoms with E-state index in [1.807, 2.05) is 57.2 Å². The number of tetrazole rings is 1. The van der Waals surface area contributed by atoms with Gasteiger partial charge < -0.3 is 10.1 Å². The number of rotatable bonds is 8. The molecule has 1 atom stereocenters. The Hall–Kier alpha value is -2.87. The number of aromatic nitrogens is 4. The number of nitrogens with zero attached hydrogens (tertiary/aromatic N) is 4. The normalized spacial score (nSPS) is 11.9. The van der Waals surface area contributed by atoms with Crippen LogP contribution in [-0.4, -0.2) is 45.0 Å². The molecule has 0 radical (unpaired) electrons. The first kappa shape index (κ1) is 20.9. The van der Waals surface area contributed by atoms with Crippen LogP contribution in [0.25, 0.3) is 5.69 Å². The minimum atomic E-state index is -0.319. The molecule has 0 saturated carbocycles. The standard InChI is InChI=1S/C21H25N5O2S/c1-14-5-6-15(2)19(13-14)26-21(23-24-25-26)29-16(3)20(27)22-12-11-17-7-9-18(28-4)10-8-17/h5-10,13,16H,11-12H2,1-4H3,(H,22,27)/t16-/m0/s1. The lowest BCUT2D eigenvalue weighted by atomic mass is 10.1. The largest absolute Gasteiger partial charge is 0.497 e. The summed E-state index contributed by atoms with van der Waals surface area (Å²) in [6.45, 7) is 6.46. The molecule has 0 fully saturated rings. The lowest BCUT2D eigenvalue weighted by molar-refractivity contribution is -0.120. The second-order valence-corrected chi connectivity index (χ2v) is 8.12. The fraction of sp³-hybridized carbons (Fsp3) is 0.333. The van der Waals surface area contributed by atoms with Crippen LogP contribution in [0.2, 0.25) is 0 Å². The minimum Gasteiger partial charge on any atom is -0.497 e. The van der Waals surface area contributed by atoms with E-state index in [1.165, 1.54) is 11.8 Å². The topological polar surface area (TPSA) is 81.9 Å². The van der Waals surface area contributed by atoms with Crippen molar-refractivity contribution in [3.8, 4) is 11.4 Å². The number of carbonyl (C=O) groups excluding carboxylic acids is 1. The van der Waals surface area contributed by atoms with Crippen molar-refractivity contribution in [2.75, 3.05) is 13.7 Å². The summed E-state index contributed by atoms with van der Waals surface area (Å²) in [6, 6.07) is 14.0. The van der Waals surface area contributed by atoms with E-state index in [0.717, 1.165) is 34.5 Å². The molecule has 0 unspecified atom stereocenters. The molecule has 0 aliphatic heterocycles. The second kappa shape index (κ2) is 9.56. The number of aryl methyl sites for hydroxylation is 2. The molecule has 1 heterocycles. The molecule has 3 rings (SSSR count). The molecule has 8 heteroatoms. The maximum Gasteiger partial charge on any atom is 0.233 e. The molecule has 152 valence electrons. The zero-order chi connectivity index (χ0) is 20.8. The predicted octanol–water partition coefficient (Wildman–Crippen LogP) is 3.13. The average Bonchev–Trinajstić information content (AvgIpc) is 3.18. The van der Waals surface area contributed by atoms with Crippen molar-refractivity contribution in [1.82, 2.24) is 25.5 Å². The monoisotopic (exact) mass is 411 g/mol. The number of benzene rings is 2. The van der Waals surface area contributed by atoms with Gasteiger partial charge in [0.05, 0.1) is 18.0 Å². The first-order chi connectivity index (χ1) is 14.0. The lowest BCUT2D eigenvalue weighted by Gasteiger charge is -2.13. The summed E-state index contributed by atoms with van der Waals surface area (Å²) in [5.41, 5.74) is 4.26. The third-order valence-electron chi connectivity index (χ3n) is 4.56. The van der Waals surface area contributed by atoms with Crippen LogP contribution >= 0.6 is 11.8 Å². The zero-order valence-corrected chi connectivity index (χ0v) is 17.9. The highest BCUT2D eigenvalue weighted by Gasteiger charge is 2.19. The molecule has 2 aromatic carbocycles. The van der Waals surface area contributed by atoms with E-state index in [4.69, 9.17) is 4.74 Å². The molecule has 3 aromatic rings. The predicted molar refractivity (Wildman–Crippen MR) is 114 cm³/mol. The number of methoxy groups -OCH3 is 1. The fourth-order valence-electron chi connectivity index (χ4n) is 2.83. The number of hydrogen-bond donors (Lipinski definition) is 1. The van der Waals surface area contributed by atoms with Gasteiger partial charge >= 0.3 is 0 Å². The Kier molecular flexibility index (Phi) is 6.87. The van der Waals surface area contributed by atoms with E-state index < -0.39 is 0 Å². The van der Waals surface area contributed by atoms with Crippen molar-refractivity contribution in [1.29, 1.82) is 0 Å². The van der Waals surface area contributed by atoms with Crippen LogP contribution in [0.15, 0.2) is 47.6 Å².